The number of hydrogen-bond donors (Lipinski definition) is 0. The van der Waals surface area contributed by atoms with Crippen molar-refractivity contribution in [3.8, 4) is 6.07 Å². The molecule has 2 atom stereocenters. The number of halogens is 1. The van der Waals surface area contributed by atoms with Crippen LogP contribution in [0.15, 0.2) is 28.7 Å². The first kappa shape index (κ1) is 14.4. The first-order valence-corrected chi connectivity index (χ1v) is 7.50. The summed E-state index contributed by atoms with van der Waals surface area (Å²) in [5.41, 5.74) is 1.24. The van der Waals surface area contributed by atoms with Gasteiger partial charge in [-0.25, -0.2) is 0 Å². The lowest BCUT2D eigenvalue weighted by Gasteiger charge is -2.32. The van der Waals surface area contributed by atoms with Gasteiger partial charge in [0.2, 0.25) is 0 Å². The van der Waals surface area contributed by atoms with Gasteiger partial charge in [-0.2, -0.15) is 5.26 Å². The van der Waals surface area contributed by atoms with Crippen molar-refractivity contribution in [1.82, 2.24) is 4.90 Å². The van der Waals surface area contributed by atoms with Gasteiger partial charge in [-0.05, 0) is 44.7 Å². The standard InChI is InChI=1S/C15H20BrN3/c1-12-8-10-18(2)15(7-9-17)11-19(12)14-5-3-13(16)4-6-14/h3-6,12,15H,7-8,10-11H2,1-2H3. The van der Waals surface area contributed by atoms with Crippen LogP contribution in [0.1, 0.15) is 19.8 Å². The zero-order valence-electron chi connectivity index (χ0n) is 11.5. The molecular weight excluding hydrogens is 302 g/mol. The topological polar surface area (TPSA) is 30.3 Å². The minimum Gasteiger partial charge on any atom is -0.367 e. The van der Waals surface area contributed by atoms with E-state index >= 15 is 0 Å². The molecule has 0 N–H and O–H groups in total. The number of benzene rings is 1. The molecule has 3 nitrogen and oxygen atoms in total. The van der Waals surface area contributed by atoms with E-state index in [1.165, 1.54) is 5.69 Å². The van der Waals surface area contributed by atoms with Crippen molar-refractivity contribution in [3.63, 3.8) is 0 Å². The fraction of sp³-hybridized carbons (Fsp3) is 0.533. The Morgan fingerprint density at radius 1 is 1.37 bits per heavy atom. The Morgan fingerprint density at radius 2 is 2.05 bits per heavy atom. The molecule has 0 radical (unpaired) electrons. The molecule has 2 unspecified atom stereocenters. The zero-order valence-corrected chi connectivity index (χ0v) is 13.1. The Morgan fingerprint density at radius 3 is 2.68 bits per heavy atom. The Labute approximate surface area is 123 Å². The number of anilines is 1. The van der Waals surface area contributed by atoms with Crippen molar-refractivity contribution in [2.45, 2.75) is 31.8 Å². The highest BCUT2D eigenvalue weighted by Gasteiger charge is 2.26. The number of rotatable bonds is 2. The van der Waals surface area contributed by atoms with Gasteiger partial charge >= 0.3 is 0 Å². The summed E-state index contributed by atoms with van der Waals surface area (Å²) in [7, 11) is 2.12. The molecular formula is C15H20BrN3. The lowest BCUT2D eigenvalue weighted by Crippen LogP contribution is -2.40. The number of hydrogen-bond acceptors (Lipinski definition) is 3. The van der Waals surface area contributed by atoms with Crippen LogP contribution in [0.4, 0.5) is 5.69 Å². The molecule has 0 aromatic heterocycles. The molecule has 0 amide bonds. The van der Waals surface area contributed by atoms with E-state index in [9.17, 15) is 0 Å². The third-order valence-corrected chi connectivity index (χ3v) is 4.48. The van der Waals surface area contributed by atoms with Crippen LogP contribution in [-0.4, -0.2) is 37.1 Å². The lowest BCUT2D eigenvalue weighted by atomic mass is 10.1. The summed E-state index contributed by atoms with van der Waals surface area (Å²) in [5.74, 6) is 0. The Bertz CT molecular complexity index is 451. The molecule has 4 heteroatoms. The molecule has 19 heavy (non-hydrogen) atoms. The summed E-state index contributed by atoms with van der Waals surface area (Å²) in [6.45, 7) is 4.25. The fourth-order valence-electron chi connectivity index (χ4n) is 2.59. The van der Waals surface area contributed by atoms with Crippen LogP contribution in [-0.2, 0) is 0 Å². The van der Waals surface area contributed by atoms with Gasteiger partial charge in [0.1, 0.15) is 0 Å². The van der Waals surface area contributed by atoms with Crippen molar-refractivity contribution in [3.05, 3.63) is 28.7 Å². The molecule has 1 heterocycles. The van der Waals surface area contributed by atoms with Crippen LogP contribution in [0, 0.1) is 11.3 Å². The van der Waals surface area contributed by atoms with Crippen molar-refractivity contribution in [2.24, 2.45) is 0 Å². The maximum absolute atomic E-state index is 8.99. The maximum atomic E-state index is 8.99. The Kier molecular flexibility index (Phi) is 4.84. The second-order valence-electron chi connectivity index (χ2n) is 5.26. The third kappa shape index (κ3) is 3.49. The normalized spacial score (nSPS) is 24.8. The summed E-state index contributed by atoms with van der Waals surface area (Å²) in [4.78, 5) is 4.75. The van der Waals surface area contributed by atoms with Gasteiger partial charge in [0.05, 0.1) is 12.5 Å². The second kappa shape index (κ2) is 6.40. The van der Waals surface area contributed by atoms with Crippen LogP contribution in [0.3, 0.4) is 0 Å². The predicted octanol–water partition coefficient (Wildman–Crippen LogP) is 3.26. The van der Waals surface area contributed by atoms with Gasteiger partial charge in [0, 0.05) is 35.3 Å². The SMILES string of the molecule is CC1CCN(C)C(CC#N)CN1c1ccc(Br)cc1. The second-order valence-corrected chi connectivity index (χ2v) is 6.18. The minimum absolute atomic E-state index is 0.318. The predicted molar refractivity (Wildman–Crippen MR) is 82.2 cm³/mol. The Balaban J connectivity index is 2.21. The average Bonchev–Trinajstić information content (AvgIpc) is 2.54. The molecule has 1 saturated heterocycles. The monoisotopic (exact) mass is 321 g/mol. The highest BCUT2D eigenvalue weighted by Crippen LogP contribution is 2.25. The van der Waals surface area contributed by atoms with Gasteiger partial charge in [-0.3, -0.25) is 0 Å². The zero-order chi connectivity index (χ0) is 13.8. The van der Waals surface area contributed by atoms with Gasteiger partial charge in [-0.15, -0.1) is 0 Å². The number of likely N-dealkylation sites (N-methyl/N-ethyl adjacent to an activating group) is 1. The Hall–Kier alpha value is -1.05. The van der Waals surface area contributed by atoms with E-state index in [0.29, 0.717) is 18.5 Å². The summed E-state index contributed by atoms with van der Waals surface area (Å²) in [6.07, 6.45) is 1.73. The molecule has 2 rings (SSSR count). The third-order valence-electron chi connectivity index (χ3n) is 3.95. The molecule has 0 spiro atoms. The van der Waals surface area contributed by atoms with Crippen molar-refractivity contribution in [1.29, 1.82) is 5.26 Å². The molecule has 0 bridgehead atoms. The van der Waals surface area contributed by atoms with Gasteiger partial charge in [-0.1, -0.05) is 15.9 Å². The summed E-state index contributed by atoms with van der Waals surface area (Å²) in [6, 6.07) is 11.6. The minimum atomic E-state index is 0.318. The molecule has 0 saturated carbocycles. The largest absolute Gasteiger partial charge is 0.367 e. The lowest BCUT2D eigenvalue weighted by molar-refractivity contribution is 0.263. The highest BCUT2D eigenvalue weighted by atomic mass is 79.9. The van der Waals surface area contributed by atoms with E-state index in [2.05, 4.69) is 70.0 Å². The van der Waals surface area contributed by atoms with Crippen LogP contribution in [0.5, 0.6) is 0 Å². The van der Waals surface area contributed by atoms with Crippen molar-refractivity contribution >= 4 is 21.6 Å². The molecule has 102 valence electrons. The van der Waals surface area contributed by atoms with E-state index in [1.807, 2.05) is 0 Å². The van der Waals surface area contributed by atoms with E-state index in [0.717, 1.165) is 24.0 Å². The van der Waals surface area contributed by atoms with E-state index in [1.54, 1.807) is 0 Å². The summed E-state index contributed by atoms with van der Waals surface area (Å²) in [5, 5.41) is 8.99. The van der Waals surface area contributed by atoms with Crippen LogP contribution >= 0.6 is 15.9 Å². The van der Waals surface area contributed by atoms with E-state index in [-0.39, 0.29) is 0 Å². The smallest absolute Gasteiger partial charge is 0.0638 e. The van der Waals surface area contributed by atoms with Gasteiger partial charge < -0.3 is 9.80 Å². The number of nitriles is 1. The summed E-state index contributed by atoms with van der Waals surface area (Å²) < 4.78 is 1.10. The van der Waals surface area contributed by atoms with Crippen LogP contribution < -0.4 is 4.90 Å². The fourth-order valence-corrected chi connectivity index (χ4v) is 2.86. The average molecular weight is 322 g/mol. The van der Waals surface area contributed by atoms with Crippen LogP contribution in [0.2, 0.25) is 0 Å². The van der Waals surface area contributed by atoms with Crippen molar-refractivity contribution in [2.75, 3.05) is 25.0 Å². The molecule has 0 aliphatic carbocycles. The molecule has 1 aliphatic rings. The quantitative estimate of drug-likeness (QED) is 0.837. The first-order valence-electron chi connectivity index (χ1n) is 6.71. The molecule has 1 aromatic carbocycles. The van der Waals surface area contributed by atoms with Gasteiger partial charge in [0.25, 0.3) is 0 Å². The van der Waals surface area contributed by atoms with Gasteiger partial charge in [0.15, 0.2) is 0 Å². The molecule has 1 aliphatic heterocycles. The first-order chi connectivity index (χ1) is 9.11. The number of nitrogens with zero attached hydrogens (tertiary/aromatic N) is 3. The highest BCUT2D eigenvalue weighted by molar-refractivity contribution is 9.10. The molecule has 1 aromatic rings. The van der Waals surface area contributed by atoms with Crippen LogP contribution in [0.25, 0.3) is 0 Å². The molecule has 1 fully saturated rings. The maximum Gasteiger partial charge on any atom is 0.0638 e. The van der Waals surface area contributed by atoms with Crippen molar-refractivity contribution < 1.29 is 0 Å². The van der Waals surface area contributed by atoms with E-state index in [4.69, 9.17) is 5.26 Å². The summed E-state index contributed by atoms with van der Waals surface area (Å²) >= 11 is 3.48. The van der Waals surface area contributed by atoms with E-state index < -0.39 is 0 Å².